The molecule has 23 heavy (non-hydrogen) atoms. The van der Waals surface area contributed by atoms with Crippen molar-refractivity contribution in [2.24, 2.45) is 0 Å². The van der Waals surface area contributed by atoms with Gasteiger partial charge in [0.25, 0.3) is 0 Å². The molecule has 0 radical (unpaired) electrons. The first-order chi connectivity index (χ1) is 11.2. The number of fused-ring (bicyclic) bond motifs is 1. The zero-order valence-corrected chi connectivity index (χ0v) is 13.0. The Morgan fingerprint density at radius 3 is 2.61 bits per heavy atom. The second kappa shape index (κ2) is 7.01. The first-order valence-corrected chi connectivity index (χ1v) is 7.65. The maximum Gasteiger partial charge on any atom is 0.244 e. The lowest BCUT2D eigenvalue weighted by Gasteiger charge is -2.20. The molecule has 4 nitrogen and oxygen atoms in total. The van der Waals surface area contributed by atoms with Crippen molar-refractivity contribution in [2.45, 2.75) is 13.0 Å². The van der Waals surface area contributed by atoms with Crippen LogP contribution in [0, 0.1) is 0 Å². The standard InChI is InChI=1S/C19H19NO3/c1-14(16-8-9-17-18(13-16)23-12-11-22-17)20-19(21)10-7-15-5-3-2-4-6-15/h2-10,13-14H,11-12H2,1H3,(H,20,21)/b10-7+/t14-/m1/s1. The SMILES string of the molecule is C[C@@H](NC(=O)/C=C/c1ccccc1)c1ccc2c(c1)OCCO2. The van der Waals surface area contributed by atoms with Crippen molar-refractivity contribution in [1.29, 1.82) is 0 Å². The molecule has 0 saturated carbocycles. The van der Waals surface area contributed by atoms with Crippen molar-refractivity contribution >= 4 is 12.0 Å². The van der Waals surface area contributed by atoms with E-state index in [1.54, 1.807) is 12.2 Å². The summed E-state index contributed by atoms with van der Waals surface area (Å²) in [5.74, 6) is 1.36. The van der Waals surface area contributed by atoms with E-state index < -0.39 is 0 Å². The number of ether oxygens (including phenoxy) is 2. The molecule has 1 atom stereocenters. The Labute approximate surface area is 135 Å². The lowest BCUT2D eigenvalue weighted by atomic mass is 10.1. The fraction of sp³-hybridized carbons (Fsp3) is 0.211. The fourth-order valence-electron chi connectivity index (χ4n) is 2.41. The van der Waals surface area contributed by atoms with Crippen LogP contribution in [-0.2, 0) is 4.79 Å². The molecule has 3 rings (SSSR count). The van der Waals surface area contributed by atoms with Crippen LogP contribution in [0.5, 0.6) is 11.5 Å². The predicted octanol–water partition coefficient (Wildman–Crippen LogP) is 3.35. The molecule has 0 aliphatic carbocycles. The Balaban J connectivity index is 1.63. The quantitative estimate of drug-likeness (QED) is 0.881. The zero-order chi connectivity index (χ0) is 16.1. The Kier molecular flexibility index (Phi) is 4.62. The maximum atomic E-state index is 12.0. The van der Waals surface area contributed by atoms with Crippen molar-refractivity contribution < 1.29 is 14.3 Å². The van der Waals surface area contributed by atoms with Crippen molar-refractivity contribution in [3.05, 3.63) is 65.7 Å². The highest BCUT2D eigenvalue weighted by atomic mass is 16.6. The van der Waals surface area contributed by atoms with Gasteiger partial charge < -0.3 is 14.8 Å². The summed E-state index contributed by atoms with van der Waals surface area (Å²) in [7, 11) is 0. The molecular formula is C19H19NO3. The highest BCUT2D eigenvalue weighted by Crippen LogP contribution is 2.32. The molecule has 1 amide bonds. The van der Waals surface area contributed by atoms with Crippen molar-refractivity contribution in [3.8, 4) is 11.5 Å². The Morgan fingerprint density at radius 1 is 1.09 bits per heavy atom. The van der Waals surface area contributed by atoms with Gasteiger partial charge in [-0.1, -0.05) is 36.4 Å². The van der Waals surface area contributed by atoms with Gasteiger partial charge in [0.15, 0.2) is 11.5 Å². The van der Waals surface area contributed by atoms with E-state index >= 15 is 0 Å². The van der Waals surface area contributed by atoms with Crippen molar-refractivity contribution in [2.75, 3.05) is 13.2 Å². The molecule has 2 aromatic carbocycles. The van der Waals surface area contributed by atoms with Crippen LogP contribution in [0.2, 0.25) is 0 Å². The molecular weight excluding hydrogens is 290 g/mol. The molecule has 118 valence electrons. The Morgan fingerprint density at radius 2 is 1.83 bits per heavy atom. The largest absolute Gasteiger partial charge is 0.486 e. The lowest BCUT2D eigenvalue weighted by Crippen LogP contribution is -2.25. The summed E-state index contributed by atoms with van der Waals surface area (Å²) in [6.07, 6.45) is 3.34. The summed E-state index contributed by atoms with van der Waals surface area (Å²) in [6, 6.07) is 15.4. The monoisotopic (exact) mass is 309 g/mol. The van der Waals surface area contributed by atoms with Gasteiger partial charge in [-0.25, -0.2) is 0 Å². The normalized spacial score (nSPS) is 14.5. The number of carbonyl (C=O) groups excluding carboxylic acids is 1. The van der Waals surface area contributed by atoms with E-state index in [9.17, 15) is 4.79 Å². The van der Waals surface area contributed by atoms with Gasteiger partial charge in [-0.15, -0.1) is 0 Å². The first-order valence-electron chi connectivity index (χ1n) is 7.65. The molecule has 2 aromatic rings. The number of rotatable bonds is 4. The lowest BCUT2D eigenvalue weighted by molar-refractivity contribution is -0.117. The van der Waals surface area contributed by atoms with Gasteiger partial charge in [0, 0.05) is 6.08 Å². The summed E-state index contributed by atoms with van der Waals surface area (Å²) < 4.78 is 11.1. The third-order valence-electron chi connectivity index (χ3n) is 3.65. The first kappa shape index (κ1) is 15.2. The summed E-state index contributed by atoms with van der Waals surface area (Å²) in [5, 5.41) is 2.95. The number of benzene rings is 2. The van der Waals surface area contributed by atoms with Crippen molar-refractivity contribution in [1.82, 2.24) is 5.32 Å². The van der Waals surface area contributed by atoms with Crippen LogP contribution in [0.25, 0.3) is 6.08 Å². The highest BCUT2D eigenvalue weighted by molar-refractivity contribution is 5.91. The number of hydrogen-bond acceptors (Lipinski definition) is 3. The molecule has 0 aromatic heterocycles. The van der Waals surface area contributed by atoms with Crippen LogP contribution >= 0.6 is 0 Å². The van der Waals surface area contributed by atoms with E-state index in [4.69, 9.17) is 9.47 Å². The average Bonchev–Trinajstić information content (AvgIpc) is 2.60. The Hall–Kier alpha value is -2.75. The molecule has 0 bridgehead atoms. The smallest absolute Gasteiger partial charge is 0.244 e. The van der Waals surface area contributed by atoms with Gasteiger partial charge in [0.05, 0.1) is 6.04 Å². The van der Waals surface area contributed by atoms with E-state index in [0.29, 0.717) is 13.2 Å². The second-order valence-electron chi connectivity index (χ2n) is 5.38. The minimum Gasteiger partial charge on any atom is -0.486 e. The minimum atomic E-state index is -0.128. The van der Waals surface area contributed by atoms with Gasteiger partial charge in [-0.3, -0.25) is 4.79 Å². The number of nitrogens with one attached hydrogen (secondary N) is 1. The number of carbonyl (C=O) groups is 1. The van der Waals surface area contributed by atoms with Gasteiger partial charge in [-0.05, 0) is 36.3 Å². The maximum absolute atomic E-state index is 12.0. The summed E-state index contributed by atoms with van der Waals surface area (Å²) in [5.41, 5.74) is 1.98. The second-order valence-corrected chi connectivity index (χ2v) is 5.38. The highest BCUT2D eigenvalue weighted by Gasteiger charge is 2.15. The molecule has 1 N–H and O–H groups in total. The summed E-state index contributed by atoms with van der Waals surface area (Å²) in [4.78, 5) is 12.0. The molecule has 4 heteroatoms. The van der Waals surface area contributed by atoms with Crippen molar-refractivity contribution in [3.63, 3.8) is 0 Å². The van der Waals surface area contributed by atoms with E-state index in [-0.39, 0.29) is 11.9 Å². The fourth-order valence-corrected chi connectivity index (χ4v) is 2.41. The van der Waals surface area contributed by atoms with Crippen LogP contribution in [0.15, 0.2) is 54.6 Å². The van der Waals surface area contributed by atoms with Crippen LogP contribution in [-0.4, -0.2) is 19.1 Å². The zero-order valence-electron chi connectivity index (χ0n) is 13.0. The predicted molar refractivity (Wildman–Crippen MR) is 89.5 cm³/mol. The van der Waals surface area contributed by atoms with Crippen LogP contribution < -0.4 is 14.8 Å². The average molecular weight is 309 g/mol. The molecule has 0 saturated heterocycles. The number of hydrogen-bond donors (Lipinski definition) is 1. The van der Waals surface area contributed by atoms with E-state index in [1.807, 2.05) is 55.5 Å². The van der Waals surface area contributed by atoms with Crippen LogP contribution in [0.4, 0.5) is 0 Å². The van der Waals surface area contributed by atoms with Crippen LogP contribution in [0.1, 0.15) is 24.1 Å². The molecule has 1 aliphatic heterocycles. The minimum absolute atomic E-state index is 0.112. The Bertz CT molecular complexity index is 710. The third-order valence-corrected chi connectivity index (χ3v) is 3.65. The molecule has 1 aliphatic rings. The van der Waals surface area contributed by atoms with Gasteiger partial charge in [0.2, 0.25) is 5.91 Å². The molecule has 0 fully saturated rings. The van der Waals surface area contributed by atoms with E-state index in [0.717, 1.165) is 22.6 Å². The third kappa shape index (κ3) is 3.92. The number of amides is 1. The molecule has 1 heterocycles. The topological polar surface area (TPSA) is 47.6 Å². The molecule has 0 spiro atoms. The van der Waals surface area contributed by atoms with Gasteiger partial charge >= 0.3 is 0 Å². The van der Waals surface area contributed by atoms with Crippen LogP contribution in [0.3, 0.4) is 0 Å². The summed E-state index contributed by atoms with van der Waals surface area (Å²) in [6.45, 7) is 3.07. The van der Waals surface area contributed by atoms with E-state index in [1.165, 1.54) is 0 Å². The molecule has 0 unspecified atom stereocenters. The van der Waals surface area contributed by atoms with Gasteiger partial charge in [-0.2, -0.15) is 0 Å². The summed E-state index contributed by atoms with van der Waals surface area (Å²) >= 11 is 0. The van der Waals surface area contributed by atoms with E-state index in [2.05, 4.69) is 5.32 Å². The van der Waals surface area contributed by atoms with Gasteiger partial charge in [0.1, 0.15) is 13.2 Å².